The van der Waals surface area contributed by atoms with Crippen LogP contribution in [0, 0.1) is 10.1 Å². The molecule has 1 saturated heterocycles. The lowest BCUT2D eigenvalue weighted by Crippen LogP contribution is -2.24. The van der Waals surface area contributed by atoms with Crippen molar-refractivity contribution in [3.8, 4) is 5.69 Å². The largest absolute Gasteiger partial charge is 0.335 e. The number of carbonyl (C=O) groups is 1. The molecule has 0 N–H and O–H groups in total. The molecule has 2 aromatic heterocycles. The van der Waals surface area contributed by atoms with E-state index in [-0.39, 0.29) is 17.3 Å². The summed E-state index contributed by atoms with van der Waals surface area (Å²) in [4.78, 5) is 42.2. The topological polar surface area (TPSA) is 103 Å². The van der Waals surface area contributed by atoms with Crippen LogP contribution in [0.3, 0.4) is 0 Å². The van der Waals surface area contributed by atoms with Crippen LogP contribution >= 0.6 is 0 Å². The second-order valence-electron chi connectivity index (χ2n) is 7.64. The van der Waals surface area contributed by atoms with Gasteiger partial charge < -0.3 is 4.90 Å². The van der Waals surface area contributed by atoms with Crippen LogP contribution in [0.4, 0.5) is 11.4 Å². The van der Waals surface area contributed by atoms with Crippen LogP contribution in [0.1, 0.15) is 18.4 Å². The number of imidazole rings is 1. The van der Waals surface area contributed by atoms with E-state index in [1.54, 1.807) is 39.9 Å². The number of non-ortho nitro benzene ring substituents is 1. The minimum atomic E-state index is -0.492. The van der Waals surface area contributed by atoms with Crippen molar-refractivity contribution in [3.63, 3.8) is 0 Å². The highest BCUT2D eigenvalue weighted by atomic mass is 16.6. The molecule has 160 valence electrons. The summed E-state index contributed by atoms with van der Waals surface area (Å²) in [6, 6.07) is 17.1. The van der Waals surface area contributed by atoms with E-state index in [1.165, 1.54) is 16.7 Å². The third-order valence-electron chi connectivity index (χ3n) is 5.65. The van der Waals surface area contributed by atoms with E-state index in [9.17, 15) is 19.7 Å². The molecule has 0 radical (unpaired) electrons. The van der Waals surface area contributed by atoms with E-state index < -0.39 is 4.92 Å². The van der Waals surface area contributed by atoms with Gasteiger partial charge in [-0.1, -0.05) is 18.2 Å². The number of rotatable bonds is 5. The molecule has 9 nitrogen and oxygen atoms in total. The lowest BCUT2D eigenvalue weighted by atomic mass is 10.2. The van der Waals surface area contributed by atoms with E-state index in [2.05, 4.69) is 4.98 Å². The molecule has 9 heteroatoms. The van der Waals surface area contributed by atoms with Gasteiger partial charge in [0.05, 0.1) is 22.7 Å². The number of fused-ring (bicyclic) bond motifs is 1. The number of nitro groups is 1. The van der Waals surface area contributed by atoms with E-state index in [0.717, 1.165) is 24.2 Å². The van der Waals surface area contributed by atoms with E-state index in [4.69, 9.17) is 0 Å². The van der Waals surface area contributed by atoms with Crippen LogP contribution in [-0.4, -0.2) is 31.5 Å². The third kappa shape index (κ3) is 3.33. The van der Waals surface area contributed by atoms with Gasteiger partial charge in [0, 0.05) is 37.0 Å². The molecule has 0 atom stereocenters. The number of amides is 1. The monoisotopic (exact) mass is 429 g/mol. The SMILES string of the molecule is O=C1CCCN1c1ccc(Cn2c(=O)n(-c3cccc([N+](=O)[O-])c3)c3ncccc32)cc1. The first kappa shape index (κ1) is 19.7. The normalized spacial score (nSPS) is 13.8. The van der Waals surface area contributed by atoms with E-state index in [0.29, 0.717) is 29.8 Å². The molecule has 5 rings (SSSR count). The predicted molar refractivity (Wildman–Crippen MR) is 119 cm³/mol. The minimum absolute atomic E-state index is 0.0988. The first-order valence-electron chi connectivity index (χ1n) is 10.2. The van der Waals surface area contributed by atoms with Crippen molar-refractivity contribution in [2.45, 2.75) is 19.4 Å². The summed E-state index contributed by atoms with van der Waals surface area (Å²) in [6.45, 7) is 1.02. The van der Waals surface area contributed by atoms with Gasteiger partial charge in [-0.05, 0) is 42.3 Å². The fraction of sp³-hybridized carbons (Fsp3) is 0.174. The number of benzene rings is 2. The zero-order chi connectivity index (χ0) is 22.2. The highest BCUT2D eigenvalue weighted by Crippen LogP contribution is 2.23. The van der Waals surface area contributed by atoms with E-state index in [1.807, 2.05) is 24.3 Å². The summed E-state index contributed by atoms with van der Waals surface area (Å²) in [5.41, 5.74) is 2.75. The third-order valence-corrected chi connectivity index (χ3v) is 5.65. The number of hydrogen-bond acceptors (Lipinski definition) is 5. The molecule has 32 heavy (non-hydrogen) atoms. The molecule has 1 fully saturated rings. The zero-order valence-electron chi connectivity index (χ0n) is 17.0. The number of hydrogen-bond donors (Lipinski definition) is 0. The Morgan fingerprint density at radius 2 is 1.81 bits per heavy atom. The summed E-state index contributed by atoms with van der Waals surface area (Å²) >= 11 is 0. The fourth-order valence-electron chi connectivity index (χ4n) is 4.10. The maximum Gasteiger partial charge on any atom is 0.335 e. The summed E-state index contributed by atoms with van der Waals surface area (Å²) < 4.78 is 2.98. The number of anilines is 1. The van der Waals surface area contributed by atoms with Gasteiger partial charge in [-0.15, -0.1) is 0 Å². The van der Waals surface area contributed by atoms with Gasteiger partial charge in [-0.2, -0.15) is 0 Å². The van der Waals surface area contributed by atoms with Crippen LogP contribution < -0.4 is 10.6 Å². The van der Waals surface area contributed by atoms with Gasteiger partial charge in [0.25, 0.3) is 5.69 Å². The Morgan fingerprint density at radius 3 is 2.53 bits per heavy atom. The first-order chi connectivity index (χ1) is 15.5. The van der Waals surface area contributed by atoms with Gasteiger partial charge in [-0.3, -0.25) is 19.5 Å². The standard InChI is InChI=1S/C23H19N5O4/c29-21-7-3-13-25(21)17-10-8-16(9-11-17)15-26-20-6-2-12-24-22(20)27(23(26)30)18-4-1-5-19(14-18)28(31)32/h1-2,4-6,8-12,14H,3,7,13,15H2. The van der Waals surface area contributed by atoms with Crippen LogP contribution in [0.15, 0.2) is 71.7 Å². The summed E-state index contributed by atoms with van der Waals surface area (Å²) in [5, 5.41) is 11.2. The van der Waals surface area contributed by atoms with Crippen LogP contribution in [0.2, 0.25) is 0 Å². The van der Waals surface area contributed by atoms with Gasteiger partial charge in [0.15, 0.2) is 5.65 Å². The summed E-state index contributed by atoms with van der Waals surface area (Å²) in [6.07, 6.45) is 3.02. The van der Waals surface area contributed by atoms with Gasteiger partial charge in [0.1, 0.15) is 0 Å². The smallest absolute Gasteiger partial charge is 0.312 e. The molecule has 1 amide bonds. The van der Waals surface area contributed by atoms with Crippen LogP contribution in [0.5, 0.6) is 0 Å². The Labute approximate surface area is 182 Å². The Morgan fingerprint density at radius 1 is 1.00 bits per heavy atom. The van der Waals surface area contributed by atoms with Crippen molar-refractivity contribution < 1.29 is 9.72 Å². The maximum absolute atomic E-state index is 13.4. The molecular formula is C23H19N5O4. The molecule has 0 spiro atoms. The van der Waals surface area contributed by atoms with Gasteiger partial charge in [-0.25, -0.2) is 14.3 Å². The van der Waals surface area contributed by atoms with Crippen molar-refractivity contribution >= 4 is 28.4 Å². The van der Waals surface area contributed by atoms with Crippen molar-refractivity contribution in [1.82, 2.24) is 14.1 Å². The quantitative estimate of drug-likeness (QED) is 0.358. The van der Waals surface area contributed by atoms with Gasteiger partial charge in [0.2, 0.25) is 5.91 Å². The molecular weight excluding hydrogens is 410 g/mol. The number of pyridine rings is 1. The number of aromatic nitrogens is 3. The van der Waals surface area contributed by atoms with Crippen LogP contribution in [0.25, 0.3) is 16.9 Å². The molecule has 1 aliphatic heterocycles. The molecule has 2 aromatic carbocycles. The van der Waals surface area contributed by atoms with Crippen molar-refractivity contribution in [1.29, 1.82) is 0 Å². The molecule has 0 bridgehead atoms. The average Bonchev–Trinajstić information content (AvgIpc) is 3.35. The Balaban J connectivity index is 1.55. The summed E-state index contributed by atoms with van der Waals surface area (Å²) in [7, 11) is 0. The minimum Gasteiger partial charge on any atom is -0.312 e. The molecule has 0 unspecified atom stereocenters. The lowest BCUT2D eigenvalue weighted by Gasteiger charge is -2.16. The second kappa shape index (κ2) is 7.77. The van der Waals surface area contributed by atoms with Crippen molar-refractivity contribution in [2.75, 3.05) is 11.4 Å². The lowest BCUT2D eigenvalue weighted by molar-refractivity contribution is -0.384. The molecule has 3 heterocycles. The Kier molecular flexibility index (Phi) is 4.78. The van der Waals surface area contributed by atoms with Gasteiger partial charge >= 0.3 is 5.69 Å². The number of nitrogens with zero attached hydrogens (tertiary/aromatic N) is 5. The Hall–Kier alpha value is -4.27. The second-order valence-corrected chi connectivity index (χ2v) is 7.64. The van der Waals surface area contributed by atoms with Crippen molar-refractivity contribution in [2.24, 2.45) is 0 Å². The summed E-state index contributed by atoms with van der Waals surface area (Å²) in [5.74, 6) is 0.125. The molecule has 1 aliphatic rings. The molecule has 4 aromatic rings. The molecule has 0 aliphatic carbocycles. The zero-order valence-corrected chi connectivity index (χ0v) is 17.0. The van der Waals surface area contributed by atoms with Crippen molar-refractivity contribution in [3.05, 3.63) is 93.0 Å². The molecule has 0 saturated carbocycles. The average molecular weight is 429 g/mol. The number of nitro benzene ring substituents is 1. The Bertz CT molecular complexity index is 1400. The van der Waals surface area contributed by atoms with Crippen LogP contribution in [-0.2, 0) is 11.3 Å². The fourth-order valence-corrected chi connectivity index (χ4v) is 4.10. The predicted octanol–water partition coefficient (Wildman–Crippen LogP) is 3.27. The number of carbonyl (C=O) groups excluding carboxylic acids is 1. The highest BCUT2D eigenvalue weighted by molar-refractivity contribution is 5.95. The first-order valence-corrected chi connectivity index (χ1v) is 10.2. The maximum atomic E-state index is 13.4. The highest BCUT2D eigenvalue weighted by Gasteiger charge is 2.22. The van der Waals surface area contributed by atoms with E-state index >= 15 is 0 Å².